The summed E-state index contributed by atoms with van der Waals surface area (Å²) in [5.74, 6) is -1.02. The lowest BCUT2D eigenvalue weighted by Gasteiger charge is -2.19. The van der Waals surface area contributed by atoms with Crippen LogP contribution in [0.5, 0.6) is 0 Å². The largest absolute Gasteiger partial charge is 0.480 e. The first-order valence-electron chi connectivity index (χ1n) is 5.57. The summed E-state index contributed by atoms with van der Waals surface area (Å²) in [6.07, 6.45) is 0. The van der Waals surface area contributed by atoms with Gasteiger partial charge in [0.25, 0.3) is 5.91 Å². The van der Waals surface area contributed by atoms with E-state index >= 15 is 0 Å². The highest BCUT2D eigenvalue weighted by Gasteiger charge is 2.27. The number of hydrogen-bond acceptors (Lipinski definition) is 4. The predicted molar refractivity (Wildman–Crippen MR) is 64.3 cm³/mol. The van der Waals surface area contributed by atoms with Crippen LogP contribution >= 0.6 is 0 Å². The molecule has 1 unspecified atom stereocenters. The normalized spacial score (nSPS) is 13.2. The molecule has 0 bridgehead atoms. The van der Waals surface area contributed by atoms with Crippen molar-refractivity contribution in [2.75, 3.05) is 7.05 Å². The van der Waals surface area contributed by atoms with Crippen molar-refractivity contribution in [3.05, 3.63) is 11.6 Å². The number of carboxylic acid groups (broad SMARTS) is 1. The average molecular weight is 254 g/mol. The fraction of sp³-hybridized carbons (Fsp3) is 0.636. The molecule has 0 saturated carbocycles. The maximum atomic E-state index is 11.9. The number of aliphatic carboxylic acids is 1. The molecule has 7 nitrogen and oxygen atoms in total. The summed E-state index contributed by atoms with van der Waals surface area (Å²) in [5, 5.41) is 15.4. The number of nitrogens with one attached hydrogen (secondary N) is 1. The number of aromatic amines is 1. The molecule has 1 aromatic rings. The second-order valence-corrected chi connectivity index (χ2v) is 5.19. The molecule has 0 spiro atoms. The van der Waals surface area contributed by atoms with Gasteiger partial charge in [0.05, 0.1) is 0 Å². The second-order valence-electron chi connectivity index (χ2n) is 5.19. The van der Waals surface area contributed by atoms with E-state index in [1.807, 2.05) is 20.8 Å². The van der Waals surface area contributed by atoms with Crippen molar-refractivity contribution >= 4 is 11.9 Å². The van der Waals surface area contributed by atoms with Crippen molar-refractivity contribution < 1.29 is 14.7 Å². The van der Waals surface area contributed by atoms with Crippen LogP contribution in [-0.2, 0) is 10.2 Å². The van der Waals surface area contributed by atoms with Crippen molar-refractivity contribution in [2.45, 2.75) is 39.2 Å². The predicted octanol–water partition coefficient (Wildman–Crippen LogP) is 0.647. The van der Waals surface area contributed by atoms with Crippen LogP contribution in [-0.4, -0.2) is 50.2 Å². The van der Waals surface area contributed by atoms with Gasteiger partial charge in [0.15, 0.2) is 0 Å². The Balaban J connectivity index is 2.92. The molecule has 1 aromatic heterocycles. The highest BCUT2D eigenvalue weighted by atomic mass is 16.4. The molecule has 1 heterocycles. The quantitative estimate of drug-likeness (QED) is 0.825. The van der Waals surface area contributed by atoms with Crippen LogP contribution < -0.4 is 0 Å². The number of aromatic nitrogens is 3. The lowest BCUT2D eigenvalue weighted by molar-refractivity contribution is -0.141. The van der Waals surface area contributed by atoms with E-state index in [9.17, 15) is 9.59 Å². The summed E-state index contributed by atoms with van der Waals surface area (Å²) in [7, 11) is 1.41. The van der Waals surface area contributed by atoms with Gasteiger partial charge in [-0.3, -0.25) is 9.89 Å². The van der Waals surface area contributed by atoms with Crippen LogP contribution in [0.1, 0.15) is 44.1 Å². The van der Waals surface area contributed by atoms with E-state index in [1.165, 1.54) is 14.0 Å². The number of likely N-dealkylation sites (N-methyl/N-ethyl adjacent to an activating group) is 1. The number of carboxylic acids is 1. The van der Waals surface area contributed by atoms with Crippen LogP contribution in [0.4, 0.5) is 0 Å². The van der Waals surface area contributed by atoms with Crippen LogP contribution in [0.2, 0.25) is 0 Å². The molecule has 7 heteroatoms. The van der Waals surface area contributed by atoms with Gasteiger partial charge in [-0.05, 0) is 6.92 Å². The zero-order chi connectivity index (χ0) is 14.1. The summed E-state index contributed by atoms with van der Waals surface area (Å²) in [4.78, 5) is 27.9. The van der Waals surface area contributed by atoms with Crippen LogP contribution in [0.3, 0.4) is 0 Å². The van der Waals surface area contributed by atoms with E-state index in [-0.39, 0.29) is 11.2 Å². The molecule has 0 aliphatic carbocycles. The third-order valence-corrected chi connectivity index (χ3v) is 2.65. The molecule has 2 N–H and O–H groups in total. The van der Waals surface area contributed by atoms with Crippen LogP contribution in [0, 0.1) is 0 Å². The highest BCUT2D eigenvalue weighted by molar-refractivity contribution is 5.93. The van der Waals surface area contributed by atoms with Crippen molar-refractivity contribution in [3.8, 4) is 0 Å². The van der Waals surface area contributed by atoms with Gasteiger partial charge in [-0.25, -0.2) is 9.78 Å². The first-order chi connectivity index (χ1) is 8.14. The van der Waals surface area contributed by atoms with Gasteiger partial charge >= 0.3 is 5.97 Å². The summed E-state index contributed by atoms with van der Waals surface area (Å²) in [6.45, 7) is 7.24. The Labute approximate surface area is 105 Å². The van der Waals surface area contributed by atoms with E-state index in [2.05, 4.69) is 15.2 Å². The molecule has 0 aromatic carbocycles. The molecule has 0 aliphatic rings. The Morgan fingerprint density at radius 3 is 2.33 bits per heavy atom. The van der Waals surface area contributed by atoms with Gasteiger partial charge in [-0.15, -0.1) is 5.10 Å². The minimum absolute atomic E-state index is 0.0180. The minimum atomic E-state index is -1.07. The third kappa shape index (κ3) is 2.85. The maximum absolute atomic E-state index is 11.9. The number of nitrogens with zero attached hydrogens (tertiary/aromatic N) is 3. The minimum Gasteiger partial charge on any atom is -0.480 e. The molecule has 0 radical (unpaired) electrons. The molecule has 1 amide bonds. The van der Waals surface area contributed by atoms with Crippen molar-refractivity contribution in [3.63, 3.8) is 0 Å². The van der Waals surface area contributed by atoms with Gasteiger partial charge in [-0.1, -0.05) is 20.8 Å². The van der Waals surface area contributed by atoms with E-state index in [0.717, 1.165) is 4.90 Å². The monoisotopic (exact) mass is 254 g/mol. The molecule has 0 aliphatic heterocycles. The van der Waals surface area contributed by atoms with E-state index in [0.29, 0.717) is 5.82 Å². The number of H-pyrrole nitrogens is 1. The Bertz CT molecular complexity index is 461. The van der Waals surface area contributed by atoms with E-state index in [4.69, 9.17) is 5.11 Å². The number of hydrogen-bond donors (Lipinski definition) is 2. The topological polar surface area (TPSA) is 99.2 Å². The third-order valence-electron chi connectivity index (χ3n) is 2.65. The maximum Gasteiger partial charge on any atom is 0.326 e. The summed E-state index contributed by atoms with van der Waals surface area (Å²) < 4.78 is 0. The molecule has 0 saturated heterocycles. The van der Waals surface area contributed by atoms with Crippen molar-refractivity contribution in [2.24, 2.45) is 0 Å². The zero-order valence-electron chi connectivity index (χ0n) is 11.2. The molecular formula is C11H18N4O3. The smallest absolute Gasteiger partial charge is 0.326 e. The number of rotatable bonds is 3. The van der Waals surface area contributed by atoms with E-state index < -0.39 is 17.9 Å². The SMILES string of the molecule is CC(C(=O)O)N(C)C(=O)c1n[nH]c(C(C)(C)C)n1. The Hall–Kier alpha value is -1.92. The lowest BCUT2D eigenvalue weighted by Crippen LogP contribution is -2.40. The fourth-order valence-corrected chi connectivity index (χ4v) is 1.19. The molecule has 100 valence electrons. The molecule has 18 heavy (non-hydrogen) atoms. The Morgan fingerprint density at radius 1 is 1.39 bits per heavy atom. The molecular weight excluding hydrogens is 236 g/mol. The number of amides is 1. The standard InChI is InChI=1S/C11H18N4O3/c1-6(9(17)18)15(5)8(16)7-12-10(14-13-7)11(2,3)4/h6H,1-5H3,(H,17,18)(H,12,13,14). The first-order valence-corrected chi connectivity index (χ1v) is 5.57. The van der Waals surface area contributed by atoms with E-state index in [1.54, 1.807) is 0 Å². The van der Waals surface area contributed by atoms with Gasteiger partial charge in [0.2, 0.25) is 5.82 Å². The number of carbonyl (C=O) groups excluding carboxylic acids is 1. The second kappa shape index (κ2) is 4.75. The summed E-state index contributed by atoms with van der Waals surface area (Å²) in [5.41, 5.74) is -0.248. The lowest BCUT2D eigenvalue weighted by atomic mass is 9.96. The molecule has 0 fully saturated rings. The number of carbonyl (C=O) groups is 2. The fourth-order valence-electron chi connectivity index (χ4n) is 1.19. The zero-order valence-corrected chi connectivity index (χ0v) is 11.2. The van der Waals surface area contributed by atoms with Crippen LogP contribution in [0.15, 0.2) is 0 Å². The average Bonchev–Trinajstić information content (AvgIpc) is 2.74. The van der Waals surface area contributed by atoms with Gasteiger partial charge < -0.3 is 10.0 Å². The first kappa shape index (κ1) is 14.1. The molecule has 1 atom stereocenters. The van der Waals surface area contributed by atoms with Crippen molar-refractivity contribution in [1.29, 1.82) is 0 Å². The Morgan fingerprint density at radius 2 is 1.94 bits per heavy atom. The van der Waals surface area contributed by atoms with Gasteiger partial charge in [-0.2, -0.15) is 0 Å². The molecule has 1 rings (SSSR count). The van der Waals surface area contributed by atoms with Crippen LogP contribution in [0.25, 0.3) is 0 Å². The summed E-state index contributed by atoms with van der Waals surface area (Å²) in [6, 6.07) is -0.922. The van der Waals surface area contributed by atoms with Gasteiger partial charge in [0.1, 0.15) is 11.9 Å². The summed E-state index contributed by atoms with van der Waals surface area (Å²) >= 11 is 0. The Kier molecular flexibility index (Phi) is 3.73. The van der Waals surface area contributed by atoms with Gasteiger partial charge in [0, 0.05) is 12.5 Å². The van der Waals surface area contributed by atoms with Crippen molar-refractivity contribution in [1.82, 2.24) is 20.1 Å². The highest BCUT2D eigenvalue weighted by Crippen LogP contribution is 2.17.